The van der Waals surface area contributed by atoms with Crippen molar-refractivity contribution < 1.29 is 5.21 Å². The van der Waals surface area contributed by atoms with Crippen LogP contribution in [0.2, 0.25) is 0 Å². The summed E-state index contributed by atoms with van der Waals surface area (Å²) in [5, 5.41) is 12.6. The molecule has 27 heavy (non-hydrogen) atoms. The monoisotopic (exact) mass is 369 g/mol. The van der Waals surface area contributed by atoms with E-state index >= 15 is 0 Å². The average molecular weight is 370 g/mol. The van der Waals surface area contributed by atoms with Crippen LogP contribution in [0.15, 0.2) is 42.1 Å². The second-order valence-corrected chi connectivity index (χ2v) is 9.52. The van der Waals surface area contributed by atoms with Crippen molar-refractivity contribution in [1.29, 1.82) is 0 Å². The Morgan fingerprint density at radius 2 is 1.96 bits per heavy atom. The van der Waals surface area contributed by atoms with Crippen LogP contribution in [0.25, 0.3) is 0 Å². The quantitative estimate of drug-likeness (QED) is 0.316. The first-order valence-electron chi connectivity index (χ1n) is 11.2. The first-order chi connectivity index (χ1) is 13.0. The predicted molar refractivity (Wildman–Crippen MR) is 115 cm³/mol. The summed E-state index contributed by atoms with van der Waals surface area (Å²) < 4.78 is 0. The Morgan fingerprint density at radius 1 is 1.22 bits per heavy atom. The van der Waals surface area contributed by atoms with Crippen molar-refractivity contribution in [2.45, 2.75) is 72.1 Å². The van der Waals surface area contributed by atoms with Gasteiger partial charge in [0.05, 0.1) is 5.71 Å². The molecule has 0 aromatic heterocycles. The fourth-order valence-corrected chi connectivity index (χ4v) is 7.13. The van der Waals surface area contributed by atoms with Gasteiger partial charge in [-0.05, 0) is 98.4 Å². The highest BCUT2D eigenvalue weighted by molar-refractivity contribution is 5.96. The lowest BCUT2D eigenvalue weighted by molar-refractivity contribution is -0.0266. The lowest BCUT2D eigenvalue weighted by Gasteiger charge is -2.56. The van der Waals surface area contributed by atoms with Crippen LogP contribution >= 0.6 is 0 Å². The van der Waals surface area contributed by atoms with Gasteiger partial charge in [-0.1, -0.05) is 43.7 Å². The van der Waals surface area contributed by atoms with Gasteiger partial charge in [0, 0.05) is 0 Å². The van der Waals surface area contributed by atoms with Crippen LogP contribution < -0.4 is 0 Å². The van der Waals surface area contributed by atoms with Crippen molar-refractivity contribution in [2.75, 3.05) is 0 Å². The topological polar surface area (TPSA) is 32.6 Å². The van der Waals surface area contributed by atoms with Crippen LogP contribution in [0.3, 0.4) is 0 Å². The summed E-state index contributed by atoms with van der Waals surface area (Å²) in [6.45, 7) is 14.8. The van der Waals surface area contributed by atoms with E-state index in [1.807, 2.05) is 6.08 Å². The number of hydrogen-bond donors (Lipinski definition) is 1. The SMILES string of the molecule is C=CC12CCC3C4CC/C(=N\O)C=C4CC(C)C3C1CCC2C.C=CCC. The molecule has 0 saturated heterocycles. The Labute approximate surface area is 166 Å². The third-order valence-electron chi connectivity index (χ3n) is 8.46. The van der Waals surface area contributed by atoms with Gasteiger partial charge in [-0.15, -0.1) is 13.2 Å². The Kier molecular flexibility index (Phi) is 6.33. The van der Waals surface area contributed by atoms with Gasteiger partial charge in [0.15, 0.2) is 0 Å². The first-order valence-corrected chi connectivity index (χ1v) is 11.2. The smallest absolute Gasteiger partial charge is 0.0795 e. The molecule has 3 saturated carbocycles. The van der Waals surface area contributed by atoms with E-state index < -0.39 is 0 Å². The Morgan fingerprint density at radius 3 is 2.59 bits per heavy atom. The minimum absolute atomic E-state index is 0.420. The molecule has 0 amide bonds. The molecular formula is C25H39NO. The summed E-state index contributed by atoms with van der Waals surface area (Å²) >= 11 is 0. The molecule has 3 fully saturated rings. The summed E-state index contributed by atoms with van der Waals surface area (Å²) in [7, 11) is 0. The van der Waals surface area contributed by atoms with E-state index in [2.05, 4.69) is 51.2 Å². The van der Waals surface area contributed by atoms with Crippen LogP contribution in [0.5, 0.6) is 0 Å². The summed E-state index contributed by atoms with van der Waals surface area (Å²) in [6.07, 6.45) is 16.4. The first kappa shape index (κ1) is 20.4. The predicted octanol–water partition coefficient (Wildman–Crippen LogP) is 7.02. The molecule has 0 bridgehead atoms. The minimum atomic E-state index is 0.420. The van der Waals surface area contributed by atoms with Gasteiger partial charge in [0.1, 0.15) is 0 Å². The number of rotatable bonds is 2. The molecule has 7 unspecified atom stereocenters. The maximum atomic E-state index is 9.13. The van der Waals surface area contributed by atoms with Gasteiger partial charge in [0.25, 0.3) is 0 Å². The van der Waals surface area contributed by atoms with E-state index in [-0.39, 0.29) is 0 Å². The van der Waals surface area contributed by atoms with Crippen LogP contribution in [-0.4, -0.2) is 10.9 Å². The molecule has 4 aliphatic rings. The van der Waals surface area contributed by atoms with E-state index in [4.69, 9.17) is 5.21 Å². The summed E-state index contributed by atoms with van der Waals surface area (Å²) in [6, 6.07) is 0. The highest BCUT2D eigenvalue weighted by Gasteiger charge is 2.57. The third kappa shape index (κ3) is 3.45. The summed E-state index contributed by atoms with van der Waals surface area (Å²) in [5.41, 5.74) is 2.89. The standard InChI is InChI=1S/C21H31NO.C4H8/c1-4-21-10-9-18-17-7-6-16(22-23)12-15(17)11-13(2)20(18)19(21)8-5-14(21)3;1-3-4-2/h4,12-14,17-20,23H,1,5-11H2,2-3H3;3H,1,4H2,2H3/b22-16+;. The van der Waals surface area contributed by atoms with Crippen LogP contribution in [0.1, 0.15) is 72.1 Å². The largest absolute Gasteiger partial charge is 0.411 e. The second-order valence-electron chi connectivity index (χ2n) is 9.52. The van der Waals surface area contributed by atoms with Crippen molar-refractivity contribution in [2.24, 2.45) is 46.1 Å². The van der Waals surface area contributed by atoms with E-state index in [0.29, 0.717) is 5.41 Å². The van der Waals surface area contributed by atoms with Gasteiger partial charge < -0.3 is 5.21 Å². The average Bonchev–Trinajstić information content (AvgIpc) is 3.04. The number of oxime groups is 1. The molecule has 1 N–H and O–H groups in total. The van der Waals surface area contributed by atoms with Crippen molar-refractivity contribution in [3.63, 3.8) is 0 Å². The fourth-order valence-electron chi connectivity index (χ4n) is 7.13. The van der Waals surface area contributed by atoms with Gasteiger partial charge in [-0.25, -0.2) is 0 Å². The maximum Gasteiger partial charge on any atom is 0.0795 e. The molecule has 4 rings (SSSR count). The van der Waals surface area contributed by atoms with E-state index in [0.717, 1.165) is 54.1 Å². The minimum Gasteiger partial charge on any atom is -0.411 e. The van der Waals surface area contributed by atoms with Crippen molar-refractivity contribution >= 4 is 5.71 Å². The molecule has 4 aliphatic carbocycles. The van der Waals surface area contributed by atoms with Crippen molar-refractivity contribution in [3.05, 3.63) is 37.0 Å². The number of hydrogen-bond acceptors (Lipinski definition) is 2. The highest BCUT2D eigenvalue weighted by atomic mass is 16.4. The fraction of sp³-hybridized carbons (Fsp3) is 0.720. The highest BCUT2D eigenvalue weighted by Crippen LogP contribution is 2.65. The molecule has 0 radical (unpaired) electrons. The summed E-state index contributed by atoms with van der Waals surface area (Å²) in [4.78, 5) is 0. The van der Waals surface area contributed by atoms with E-state index in [1.165, 1.54) is 38.5 Å². The molecule has 0 aliphatic heterocycles. The molecule has 0 aromatic carbocycles. The van der Waals surface area contributed by atoms with Gasteiger partial charge in [-0.2, -0.15) is 0 Å². The van der Waals surface area contributed by atoms with E-state index in [9.17, 15) is 0 Å². The molecule has 0 heterocycles. The molecular weight excluding hydrogens is 330 g/mol. The molecule has 0 aromatic rings. The van der Waals surface area contributed by atoms with Crippen LogP contribution in [0, 0.1) is 40.9 Å². The zero-order chi connectivity index (χ0) is 19.6. The van der Waals surface area contributed by atoms with Crippen LogP contribution in [-0.2, 0) is 0 Å². The molecule has 2 nitrogen and oxygen atoms in total. The van der Waals surface area contributed by atoms with Gasteiger partial charge in [0.2, 0.25) is 0 Å². The Bertz CT molecular complexity index is 618. The maximum absolute atomic E-state index is 9.13. The molecule has 7 atom stereocenters. The summed E-state index contributed by atoms with van der Waals surface area (Å²) in [5.74, 6) is 4.92. The number of nitrogens with zero attached hydrogens (tertiary/aromatic N) is 1. The van der Waals surface area contributed by atoms with Crippen LogP contribution in [0.4, 0.5) is 0 Å². The zero-order valence-electron chi connectivity index (χ0n) is 17.7. The van der Waals surface area contributed by atoms with Gasteiger partial charge >= 0.3 is 0 Å². The molecule has 2 heteroatoms. The lowest BCUT2D eigenvalue weighted by Crippen LogP contribution is -2.49. The van der Waals surface area contributed by atoms with Crippen molar-refractivity contribution in [1.82, 2.24) is 0 Å². The van der Waals surface area contributed by atoms with Gasteiger partial charge in [-0.3, -0.25) is 0 Å². The Balaban J connectivity index is 0.000000481. The number of allylic oxidation sites excluding steroid dienone is 4. The van der Waals surface area contributed by atoms with E-state index in [1.54, 1.807) is 5.57 Å². The zero-order valence-corrected chi connectivity index (χ0v) is 17.7. The normalized spacial score (nSPS) is 44.1. The molecule has 150 valence electrons. The Hall–Kier alpha value is -1.31. The number of fused-ring (bicyclic) bond motifs is 5. The third-order valence-corrected chi connectivity index (χ3v) is 8.46. The second kappa shape index (κ2) is 8.37. The lowest BCUT2D eigenvalue weighted by atomic mass is 9.48. The van der Waals surface area contributed by atoms with Crippen molar-refractivity contribution in [3.8, 4) is 0 Å². The molecule has 0 spiro atoms.